The molecule has 0 aromatic rings. The highest BCUT2D eigenvalue weighted by molar-refractivity contribution is 5.69. The van der Waals surface area contributed by atoms with Gasteiger partial charge in [0.15, 0.2) is 6.29 Å². The third kappa shape index (κ3) is 23.5. The molecule has 1 saturated heterocycles. The summed E-state index contributed by atoms with van der Waals surface area (Å²) in [7, 11) is 0. The number of allylic oxidation sites excluding steroid dienone is 16. The van der Waals surface area contributed by atoms with E-state index < -0.39 is 49.4 Å². The lowest BCUT2D eigenvalue weighted by atomic mass is 9.99. The van der Waals surface area contributed by atoms with Crippen LogP contribution in [0.25, 0.3) is 0 Å². The van der Waals surface area contributed by atoms with E-state index in [-0.39, 0.29) is 19.6 Å². The predicted octanol–water partition coefficient (Wildman–Crippen LogP) is 6.90. The van der Waals surface area contributed by atoms with Gasteiger partial charge in [-0.2, -0.15) is 0 Å². The Morgan fingerprint density at radius 3 is 1.62 bits per heavy atom. The average molecular weight is 701 g/mol. The van der Waals surface area contributed by atoms with Gasteiger partial charge in [-0.25, -0.2) is 0 Å². The van der Waals surface area contributed by atoms with E-state index in [0.717, 1.165) is 64.2 Å². The number of hydrogen-bond acceptors (Lipinski definition) is 9. The number of carbonyl (C=O) groups is 1. The predicted molar refractivity (Wildman–Crippen MR) is 200 cm³/mol. The summed E-state index contributed by atoms with van der Waals surface area (Å²) in [5.74, 6) is -0.418. The first-order chi connectivity index (χ1) is 24.4. The number of unbranched alkanes of at least 4 members (excludes halogenated alkanes) is 1. The van der Waals surface area contributed by atoms with Crippen LogP contribution in [0.3, 0.4) is 0 Å². The van der Waals surface area contributed by atoms with Gasteiger partial charge in [0.1, 0.15) is 30.5 Å². The van der Waals surface area contributed by atoms with Crippen molar-refractivity contribution in [3.05, 3.63) is 97.2 Å². The van der Waals surface area contributed by atoms with Crippen molar-refractivity contribution in [1.29, 1.82) is 0 Å². The van der Waals surface area contributed by atoms with Crippen LogP contribution < -0.4 is 0 Å². The zero-order valence-corrected chi connectivity index (χ0v) is 30.3. The molecule has 0 aliphatic carbocycles. The van der Waals surface area contributed by atoms with Crippen molar-refractivity contribution >= 4 is 5.97 Å². The van der Waals surface area contributed by atoms with Crippen LogP contribution in [0.5, 0.6) is 0 Å². The molecular formula is C41H64O9. The van der Waals surface area contributed by atoms with E-state index in [1.54, 1.807) is 0 Å². The summed E-state index contributed by atoms with van der Waals surface area (Å²) in [6.07, 6.45) is 36.0. The van der Waals surface area contributed by atoms with E-state index in [0.29, 0.717) is 13.0 Å². The molecule has 1 heterocycles. The van der Waals surface area contributed by atoms with Crippen molar-refractivity contribution in [2.75, 3.05) is 26.4 Å². The summed E-state index contributed by atoms with van der Waals surface area (Å²) in [6, 6.07) is 0. The van der Waals surface area contributed by atoms with E-state index in [4.69, 9.17) is 18.9 Å². The Bertz CT molecular complexity index is 1070. The molecule has 1 aliphatic heterocycles. The van der Waals surface area contributed by atoms with E-state index in [1.807, 2.05) is 12.2 Å². The standard InChI is InChI=1S/C41H64O9/c1-3-5-7-9-11-13-15-17-19-21-23-25-27-29-31-47-33-35(34-48-41-40(46)39(45)38(44)36(32-42)50-41)49-37(43)30-28-26-24-22-20-18-16-14-12-10-8-6-4-2/h5-8,11-14,17-20,23-26,35-36,38-42,44-46H,3-4,9-10,15-16,21-22,27-34H2,1-2H3/b7-5-,8-6-,13-11-,14-12-,19-17-,20-18-,25-23-,26-24-. The molecule has 0 aromatic carbocycles. The highest BCUT2D eigenvalue weighted by Gasteiger charge is 2.44. The number of aliphatic hydroxyl groups excluding tert-OH is 4. The van der Waals surface area contributed by atoms with Gasteiger partial charge in [0.25, 0.3) is 0 Å². The van der Waals surface area contributed by atoms with Crippen molar-refractivity contribution in [3.8, 4) is 0 Å². The van der Waals surface area contributed by atoms with Gasteiger partial charge < -0.3 is 39.4 Å². The van der Waals surface area contributed by atoms with Crippen LogP contribution >= 0.6 is 0 Å². The molecule has 6 unspecified atom stereocenters. The number of esters is 1. The fraction of sp³-hybridized carbons (Fsp3) is 0.585. The Labute approximate surface area is 301 Å². The minimum atomic E-state index is -1.56. The summed E-state index contributed by atoms with van der Waals surface area (Å²) in [6.45, 7) is 4.03. The number of carbonyl (C=O) groups excluding carboxylic acids is 1. The van der Waals surface area contributed by atoms with Crippen molar-refractivity contribution in [2.24, 2.45) is 0 Å². The molecule has 0 aromatic heterocycles. The number of aliphatic hydroxyl groups is 4. The SMILES string of the molecule is CC/C=C\C/C=C\C/C=C\C/C=C\CCCOCC(COC1OC(CO)C(O)C(O)C1O)OC(=O)CC/C=C\C/C=C\C/C=C\C/C=C\CC. The number of hydrogen-bond donors (Lipinski definition) is 4. The molecule has 1 rings (SSSR count). The van der Waals surface area contributed by atoms with Gasteiger partial charge in [0, 0.05) is 13.0 Å². The number of ether oxygens (including phenoxy) is 4. The summed E-state index contributed by atoms with van der Waals surface area (Å²) in [5.41, 5.74) is 0. The van der Waals surface area contributed by atoms with Crippen LogP contribution in [0, 0.1) is 0 Å². The molecule has 1 aliphatic rings. The molecule has 9 heteroatoms. The van der Waals surface area contributed by atoms with Crippen LogP contribution in [-0.4, -0.2) is 89.6 Å². The first-order valence-electron chi connectivity index (χ1n) is 18.3. The molecule has 282 valence electrons. The molecular weight excluding hydrogens is 636 g/mol. The second kappa shape index (κ2) is 32.0. The maximum atomic E-state index is 12.6. The van der Waals surface area contributed by atoms with E-state index >= 15 is 0 Å². The zero-order chi connectivity index (χ0) is 36.5. The first kappa shape index (κ1) is 45.1. The zero-order valence-electron chi connectivity index (χ0n) is 30.3. The maximum absolute atomic E-state index is 12.6. The fourth-order valence-corrected chi connectivity index (χ4v) is 4.68. The average Bonchev–Trinajstić information content (AvgIpc) is 3.11. The van der Waals surface area contributed by atoms with Crippen LogP contribution in [0.4, 0.5) is 0 Å². The fourth-order valence-electron chi connectivity index (χ4n) is 4.68. The quantitative estimate of drug-likeness (QED) is 0.0391. The highest BCUT2D eigenvalue weighted by Crippen LogP contribution is 2.22. The molecule has 0 amide bonds. The Hall–Kier alpha value is -2.89. The molecule has 50 heavy (non-hydrogen) atoms. The molecule has 1 fully saturated rings. The Balaban J connectivity index is 2.47. The molecule has 0 bridgehead atoms. The lowest BCUT2D eigenvalue weighted by Crippen LogP contribution is -2.59. The van der Waals surface area contributed by atoms with Gasteiger partial charge in [-0.3, -0.25) is 4.79 Å². The summed E-state index contributed by atoms with van der Waals surface area (Å²) >= 11 is 0. The van der Waals surface area contributed by atoms with Crippen molar-refractivity contribution < 1.29 is 44.2 Å². The monoisotopic (exact) mass is 700 g/mol. The lowest BCUT2D eigenvalue weighted by Gasteiger charge is -2.39. The number of rotatable bonds is 28. The minimum absolute atomic E-state index is 0.0708. The van der Waals surface area contributed by atoms with Gasteiger partial charge in [-0.05, 0) is 70.6 Å². The normalized spacial score (nSPS) is 22.7. The molecule has 0 spiro atoms. The molecule has 6 atom stereocenters. The second-order valence-electron chi connectivity index (χ2n) is 11.9. The molecule has 0 saturated carbocycles. The van der Waals surface area contributed by atoms with Crippen LogP contribution in [-0.2, 0) is 23.7 Å². The second-order valence-corrected chi connectivity index (χ2v) is 11.9. The molecule has 9 nitrogen and oxygen atoms in total. The molecule has 0 radical (unpaired) electrons. The largest absolute Gasteiger partial charge is 0.457 e. The maximum Gasteiger partial charge on any atom is 0.306 e. The third-order valence-corrected chi connectivity index (χ3v) is 7.51. The minimum Gasteiger partial charge on any atom is -0.457 e. The summed E-state index contributed by atoms with van der Waals surface area (Å²) in [4.78, 5) is 12.6. The van der Waals surface area contributed by atoms with Crippen LogP contribution in [0.1, 0.15) is 90.9 Å². The highest BCUT2D eigenvalue weighted by atomic mass is 16.7. The topological polar surface area (TPSA) is 135 Å². The van der Waals surface area contributed by atoms with Crippen molar-refractivity contribution in [3.63, 3.8) is 0 Å². The van der Waals surface area contributed by atoms with Crippen molar-refractivity contribution in [2.45, 2.75) is 128 Å². The Morgan fingerprint density at radius 2 is 1.12 bits per heavy atom. The van der Waals surface area contributed by atoms with Gasteiger partial charge in [-0.15, -0.1) is 0 Å². The first-order valence-corrected chi connectivity index (χ1v) is 18.3. The van der Waals surface area contributed by atoms with E-state index in [1.165, 1.54) is 0 Å². The summed E-state index contributed by atoms with van der Waals surface area (Å²) < 4.78 is 22.5. The van der Waals surface area contributed by atoms with E-state index in [2.05, 4.69) is 98.9 Å². The van der Waals surface area contributed by atoms with Gasteiger partial charge in [-0.1, -0.05) is 111 Å². The third-order valence-electron chi connectivity index (χ3n) is 7.51. The smallest absolute Gasteiger partial charge is 0.306 e. The molecule has 4 N–H and O–H groups in total. The van der Waals surface area contributed by atoms with Crippen LogP contribution in [0.2, 0.25) is 0 Å². The lowest BCUT2D eigenvalue weighted by molar-refractivity contribution is -0.305. The van der Waals surface area contributed by atoms with E-state index in [9.17, 15) is 25.2 Å². The Morgan fingerprint density at radius 1 is 0.640 bits per heavy atom. The van der Waals surface area contributed by atoms with Gasteiger partial charge >= 0.3 is 5.97 Å². The Kier molecular flexibility index (Phi) is 28.9. The van der Waals surface area contributed by atoms with Crippen molar-refractivity contribution in [1.82, 2.24) is 0 Å². The summed E-state index contributed by atoms with van der Waals surface area (Å²) in [5, 5.41) is 39.9. The van der Waals surface area contributed by atoms with Crippen LogP contribution in [0.15, 0.2) is 97.2 Å². The van der Waals surface area contributed by atoms with Gasteiger partial charge in [0.05, 0.1) is 19.8 Å². The van der Waals surface area contributed by atoms with Gasteiger partial charge in [0.2, 0.25) is 0 Å².